The third-order valence-electron chi connectivity index (χ3n) is 2.81. The number of ether oxygens (including phenoxy) is 1. The Bertz CT molecular complexity index is 293. The molecule has 0 aliphatic rings. The highest BCUT2D eigenvalue weighted by Crippen LogP contribution is 2.06. The maximum atomic E-state index is 11.5. The van der Waals surface area contributed by atoms with Gasteiger partial charge in [-0.05, 0) is 33.6 Å². The van der Waals surface area contributed by atoms with E-state index < -0.39 is 5.97 Å². The van der Waals surface area contributed by atoms with E-state index in [0.29, 0.717) is 26.1 Å². The fourth-order valence-electron chi connectivity index (χ4n) is 1.75. The van der Waals surface area contributed by atoms with Crippen molar-refractivity contribution >= 4 is 12.0 Å². The minimum absolute atomic E-state index is 0.191. The third kappa shape index (κ3) is 11.8. The summed E-state index contributed by atoms with van der Waals surface area (Å²) < 4.78 is 5.48. The van der Waals surface area contributed by atoms with Gasteiger partial charge in [-0.2, -0.15) is 0 Å². The first-order valence-electron chi connectivity index (χ1n) is 7.25. The monoisotopic (exact) mass is 288 g/mol. The molecule has 0 aliphatic carbocycles. The first kappa shape index (κ1) is 18.7. The molecular weight excluding hydrogens is 260 g/mol. The van der Waals surface area contributed by atoms with E-state index in [1.54, 1.807) is 0 Å². The van der Waals surface area contributed by atoms with Crippen molar-refractivity contribution in [3.8, 4) is 0 Å². The zero-order chi connectivity index (χ0) is 15.4. The summed E-state index contributed by atoms with van der Waals surface area (Å²) in [6.45, 7) is 7.47. The molecule has 0 aromatic heterocycles. The van der Waals surface area contributed by atoms with Gasteiger partial charge in [-0.25, -0.2) is 4.79 Å². The number of carbonyl (C=O) groups excluding carboxylic acids is 1. The summed E-state index contributed by atoms with van der Waals surface area (Å²) in [7, 11) is 0. The molecule has 0 aromatic carbocycles. The van der Waals surface area contributed by atoms with Crippen LogP contribution >= 0.6 is 0 Å². The van der Waals surface area contributed by atoms with Gasteiger partial charge in [0.15, 0.2) is 0 Å². The molecular formula is C14H28N2O4. The highest BCUT2D eigenvalue weighted by molar-refractivity contribution is 5.73. The van der Waals surface area contributed by atoms with Crippen molar-refractivity contribution in [1.29, 1.82) is 0 Å². The van der Waals surface area contributed by atoms with Crippen LogP contribution < -0.4 is 10.6 Å². The third-order valence-corrected chi connectivity index (χ3v) is 2.81. The molecule has 0 atom stereocenters. The second kappa shape index (κ2) is 10.5. The van der Waals surface area contributed by atoms with E-state index in [1.165, 1.54) is 0 Å². The van der Waals surface area contributed by atoms with Crippen molar-refractivity contribution in [3.63, 3.8) is 0 Å². The molecule has 6 heteroatoms. The molecule has 0 saturated heterocycles. The van der Waals surface area contributed by atoms with Crippen LogP contribution in [0.5, 0.6) is 0 Å². The summed E-state index contributed by atoms with van der Waals surface area (Å²) in [5.41, 5.74) is -0.358. The predicted molar refractivity (Wildman–Crippen MR) is 77.8 cm³/mol. The molecule has 0 bridgehead atoms. The van der Waals surface area contributed by atoms with Gasteiger partial charge in [0, 0.05) is 26.1 Å². The molecule has 0 radical (unpaired) electrons. The Labute approximate surface area is 121 Å². The standard InChI is InChI=1S/C14H28N2O4/c1-4-20-14(2,3)11-16-13(19)15-10-8-6-5-7-9-12(17)18/h4-11H2,1-3H3,(H,17,18)(H2,15,16,19). The van der Waals surface area contributed by atoms with E-state index in [-0.39, 0.29) is 18.1 Å². The lowest BCUT2D eigenvalue weighted by molar-refractivity contribution is -0.137. The van der Waals surface area contributed by atoms with Gasteiger partial charge in [0.25, 0.3) is 0 Å². The molecule has 0 heterocycles. The minimum Gasteiger partial charge on any atom is -0.481 e. The number of carboxylic acid groups (broad SMARTS) is 1. The van der Waals surface area contributed by atoms with Gasteiger partial charge in [0.1, 0.15) is 0 Å². The summed E-state index contributed by atoms with van der Waals surface area (Å²) in [6.07, 6.45) is 3.59. The number of hydrogen-bond acceptors (Lipinski definition) is 3. The average molecular weight is 288 g/mol. The predicted octanol–water partition coefficient (Wildman–Crippen LogP) is 2.14. The molecule has 0 saturated carbocycles. The van der Waals surface area contributed by atoms with Gasteiger partial charge in [-0.3, -0.25) is 4.79 Å². The van der Waals surface area contributed by atoms with E-state index in [2.05, 4.69) is 10.6 Å². The summed E-state index contributed by atoms with van der Waals surface area (Å²) in [4.78, 5) is 21.8. The summed E-state index contributed by atoms with van der Waals surface area (Å²) in [6, 6.07) is -0.191. The van der Waals surface area contributed by atoms with Gasteiger partial charge < -0.3 is 20.5 Å². The maximum Gasteiger partial charge on any atom is 0.314 e. The average Bonchev–Trinajstić information content (AvgIpc) is 2.35. The second-order valence-corrected chi connectivity index (χ2v) is 5.36. The Morgan fingerprint density at radius 2 is 1.75 bits per heavy atom. The van der Waals surface area contributed by atoms with Crippen molar-refractivity contribution in [2.24, 2.45) is 0 Å². The number of hydrogen-bond donors (Lipinski definition) is 3. The maximum absolute atomic E-state index is 11.5. The van der Waals surface area contributed by atoms with Crippen LogP contribution in [-0.4, -0.2) is 42.4 Å². The Hall–Kier alpha value is -1.30. The zero-order valence-electron chi connectivity index (χ0n) is 12.8. The molecule has 0 fully saturated rings. The van der Waals surface area contributed by atoms with Crippen LogP contribution in [-0.2, 0) is 9.53 Å². The van der Waals surface area contributed by atoms with E-state index >= 15 is 0 Å². The van der Waals surface area contributed by atoms with Crippen molar-refractivity contribution in [2.75, 3.05) is 19.7 Å². The SMILES string of the molecule is CCOC(C)(C)CNC(=O)NCCCCCCC(=O)O. The smallest absolute Gasteiger partial charge is 0.314 e. The van der Waals surface area contributed by atoms with Crippen molar-refractivity contribution < 1.29 is 19.4 Å². The van der Waals surface area contributed by atoms with Gasteiger partial charge in [-0.15, -0.1) is 0 Å². The van der Waals surface area contributed by atoms with Crippen LogP contribution in [0.2, 0.25) is 0 Å². The normalized spacial score (nSPS) is 11.2. The van der Waals surface area contributed by atoms with E-state index in [1.807, 2.05) is 20.8 Å². The molecule has 0 rings (SSSR count). The molecule has 2 amide bonds. The van der Waals surface area contributed by atoms with Gasteiger partial charge in [0.05, 0.1) is 5.60 Å². The van der Waals surface area contributed by atoms with Crippen LogP contribution in [0.4, 0.5) is 4.79 Å². The number of nitrogens with one attached hydrogen (secondary N) is 2. The molecule has 0 spiro atoms. The fraction of sp³-hybridized carbons (Fsp3) is 0.857. The number of urea groups is 1. The molecule has 20 heavy (non-hydrogen) atoms. The summed E-state index contributed by atoms with van der Waals surface area (Å²) in [5, 5.41) is 14.0. The quantitative estimate of drug-likeness (QED) is 0.508. The first-order chi connectivity index (χ1) is 9.37. The van der Waals surface area contributed by atoms with Crippen LogP contribution in [0.25, 0.3) is 0 Å². The molecule has 3 N–H and O–H groups in total. The minimum atomic E-state index is -0.751. The number of carbonyl (C=O) groups is 2. The Kier molecular flexibility index (Phi) is 9.80. The van der Waals surface area contributed by atoms with E-state index in [4.69, 9.17) is 9.84 Å². The number of rotatable bonds is 11. The fourth-order valence-corrected chi connectivity index (χ4v) is 1.75. The lowest BCUT2D eigenvalue weighted by atomic mass is 10.1. The van der Waals surface area contributed by atoms with Crippen LogP contribution in [0.15, 0.2) is 0 Å². The highest BCUT2D eigenvalue weighted by atomic mass is 16.5. The van der Waals surface area contributed by atoms with Crippen LogP contribution in [0, 0.1) is 0 Å². The van der Waals surface area contributed by atoms with Crippen molar-refractivity contribution in [3.05, 3.63) is 0 Å². The summed E-state index contributed by atoms with van der Waals surface area (Å²) in [5.74, 6) is -0.751. The second-order valence-electron chi connectivity index (χ2n) is 5.36. The largest absolute Gasteiger partial charge is 0.481 e. The first-order valence-corrected chi connectivity index (χ1v) is 7.25. The number of carboxylic acids is 1. The Balaban J connectivity index is 3.48. The van der Waals surface area contributed by atoms with Crippen LogP contribution in [0.1, 0.15) is 52.9 Å². The molecule has 118 valence electrons. The van der Waals surface area contributed by atoms with Crippen LogP contribution in [0.3, 0.4) is 0 Å². The summed E-state index contributed by atoms with van der Waals surface area (Å²) >= 11 is 0. The van der Waals surface area contributed by atoms with Gasteiger partial charge in [-0.1, -0.05) is 12.8 Å². The van der Waals surface area contributed by atoms with Crippen molar-refractivity contribution in [2.45, 2.75) is 58.5 Å². The number of aliphatic carboxylic acids is 1. The number of unbranched alkanes of at least 4 members (excludes halogenated alkanes) is 3. The van der Waals surface area contributed by atoms with E-state index in [0.717, 1.165) is 19.3 Å². The molecule has 0 aliphatic heterocycles. The topological polar surface area (TPSA) is 87.7 Å². The van der Waals surface area contributed by atoms with E-state index in [9.17, 15) is 9.59 Å². The Morgan fingerprint density at radius 1 is 1.10 bits per heavy atom. The molecule has 6 nitrogen and oxygen atoms in total. The lowest BCUT2D eigenvalue weighted by Gasteiger charge is -2.24. The highest BCUT2D eigenvalue weighted by Gasteiger charge is 2.18. The van der Waals surface area contributed by atoms with Crippen molar-refractivity contribution in [1.82, 2.24) is 10.6 Å². The molecule has 0 aromatic rings. The number of amides is 2. The lowest BCUT2D eigenvalue weighted by Crippen LogP contribution is -2.44. The van der Waals surface area contributed by atoms with Gasteiger partial charge >= 0.3 is 12.0 Å². The zero-order valence-corrected chi connectivity index (χ0v) is 12.8. The Morgan fingerprint density at radius 3 is 2.35 bits per heavy atom. The van der Waals surface area contributed by atoms with Gasteiger partial charge in [0.2, 0.25) is 0 Å². The molecule has 0 unspecified atom stereocenters.